The van der Waals surface area contributed by atoms with Gasteiger partial charge in [0.05, 0.1) is 18.7 Å². The van der Waals surface area contributed by atoms with Crippen molar-refractivity contribution in [1.29, 1.82) is 0 Å². The van der Waals surface area contributed by atoms with Crippen LogP contribution in [0.1, 0.15) is 35.0 Å². The first kappa shape index (κ1) is 13.1. The molecule has 3 rings (SSSR count). The van der Waals surface area contributed by atoms with Crippen LogP contribution < -0.4 is 11.1 Å². The third-order valence-corrected chi connectivity index (χ3v) is 4.21. The molecule has 1 aliphatic carbocycles. The molecule has 1 heterocycles. The molecule has 0 unspecified atom stereocenters. The number of rotatable bonds is 5. The third kappa shape index (κ3) is 3.36. The van der Waals surface area contributed by atoms with Gasteiger partial charge >= 0.3 is 0 Å². The lowest BCUT2D eigenvalue weighted by atomic mass is 10.1. The van der Waals surface area contributed by atoms with Gasteiger partial charge in [-0.1, -0.05) is 12.1 Å². The fraction of sp³-hybridized carbons (Fsp3) is 0.333. The molecule has 4 nitrogen and oxygen atoms in total. The van der Waals surface area contributed by atoms with Crippen molar-refractivity contribution in [2.75, 3.05) is 5.73 Å². The summed E-state index contributed by atoms with van der Waals surface area (Å²) in [5.74, 6) is 0.684. The quantitative estimate of drug-likeness (QED) is 0.830. The SMILES string of the molecule is Nc1ccc(CC(=O)NCc2nc(C3CC3)cs2)cc1. The van der Waals surface area contributed by atoms with Crippen LogP contribution in [0.25, 0.3) is 0 Å². The lowest BCUT2D eigenvalue weighted by Gasteiger charge is -2.03. The summed E-state index contributed by atoms with van der Waals surface area (Å²) in [5, 5.41) is 6.01. The number of nitrogen functional groups attached to an aromatic ring is 1. The molecule has 1 saturated carbocycles. The van der Waals surface area contributed by atoms with Gasteiger partial charge in [-0.2, -0.15) is 0 Å². The van der Waals surface area contributed by atoms with Gasteiger partial charge in [-0.25, -0.2) is 4.98 Å². The minimum Gasteiger partial charge on any atom is -0.399 e. The zero-order chi connectivity index (χ0) is 13.9. The maximum atomic E-state index is 11.9. The average molecular weight is 287 g/mol. The summed E-state index contributed by atoms with van der Waals surface area (Å²) < 4.78 is 0. The molecule has 20 heavy (non-hydrogen) atoms. The Labute approximate surface area is 122 Å². The molecule has 2 aromatic rings. The Morgan fingerprint density at radius 3 is 2.80 bits per heavy atom. The highest BCUT2D eigenvalue weighted by Crippen LogP contribution is 2.40. The van der Waals surface area contributed by atoms with Crippen LogP contribution in [0.2, 0.25) is 0 Å². The van der Waals surface area contributed by atoms with E-state index < -0.39 is 0 Å². The number of nitrogens with one attached hydrogen (secondary N) is 1. The summed E-state index contributed by atoms with van der Waals surface area (Å²) in [4.78, 5) is 16.4. The lowest BCUT2D eigenvalue weighted by Crippen LogP contribution is -2.24. The van der Waals surface area contributed by atoms with E-state index in [1.54, 1.807) is 11.3 Å². The number of benzene rings is 1. The molecular formula is C15H17N3OS. The molecule has 1 fully saturated rings. The molecule has 1 aromatic carbocycles. The molecule has 5 heteroatoms. The first-order chi connectivity index (χ1) is 9.70. The summed E-state index contributed by atoms with van der Waals surface area (Å²) in [6.07, 6.45) is 2.89. The van der Waals surface area contributed by atoms with Crippen LogP contribution >= 0.6 is 11.3 Å². The molecule has 0 atom stereocenters. The van der Waals surface area contributed by atoms with Crippen molar-refractivity contribution >= 4 is 22.9 Å². The van der Waals surface area contributed by atoms with E-state index in [2.05, 4.69) is 15.7 Å². The molecule has 104 valence electrons. The highest BCUT2D eigenvalue weighted by molar-refractivity contribution is 7.09. The molecule has 0 saturated heterocycles. The maximum absolute atomic E-state index is 11.9. The van der Waals surface area contributed by atoms with Gasteiger partial charge in [0, 0.05) is 17.0 Å². The number of anilines is 1. The molecule has 1 amide bonds. The predicted molar refractivity (Wildman–Crippen MR) is 80.5 cm³/mol. The fourth-order valence-corrected chi connectivity index (χ4v) is 2.85. The largest absolute Gasteiger partial charge is 0.399 e. The van der Waals surface area contributed by atoms with E-state index >= 15 is 0 Å². The van der Waals surface area contributed by atoms with Crippen molar-refractivity contribution in [3.8, 4) is 0 Å². The smallest absolute Gasteiger partial charge is 0.224 e. The highest BCUT2D eigenvalue weighted by atomic mass is 32.1. The minimum atomic E-state index is 0.0120. The Kier molecular flexibility index (Phi) is 3.69. The van der Waals surface area contributed by atoms with Crippen molar-refractivity contribution in [2.45, 2.75) is 31.7 Å². The zero-order valence-corrected chi connectivity index (χ0v) is 12.0. The molecule has 1 aromatic heterocycles. The first-order valence-corrected chi connectivity index (χ1v) is 7.64. The van der Waals surface area contributed by atoms with E-state index in [0.29, 0.717) is 24.6 Å². The molecule has 1 aliphatic rings. The third-order valence-electron chi connectivity index (χ3n) is 3.35. The van der Waals surface area contributed by atoms with Crippen LogP contribution in [0.15, 0.2) is 29.6 Å². The van der Waals surface area contributed by atoms with Gasteiger partial charge in [0.15, 0.2) is 0 Å². The second-order valence-corrected chi connectivity index (χ2v) is 6.08. The van der Waals surface area contributed by atoms with E-state index in [1.165, 1.54) is 18.5 Å². The number of aromatic nitrogens is 1. The molecule has 3 N–H and O–H groups in total. The fourth-order valence-electron chi connectivity index (χ4n) is 2.03. The topological polar surface area (TPSA) is 68.0 Å². The summed E-state index contributed by atoms with van der Waals surface area (Å²) in [5.41, 5.74) is 8.49. The molecule has 0 radical (unpaired) electrons. The van der Waals surface area contributed by atoms with Crippen molar-refractivity contribution < 1.29 is 4.79 Å². The second-order valence-electron chi connectivity index (χ2n) is 5.14. The summed E-state index contributed by atoms with van der Waals surface area (Å²) in [6.45, 7) is 0.519. The molecular weight excluding hydrogens is 270 g/mol. The second kappa shape index (κ2) is 5.63. The van der Waals surface area contributed by atoms with Crippen LogP contribution in [-0.2, 0) is 17.8 Å². The Hall–Kier alpha value is -1.88. The number of nitrogens with zero attached hydrogens (tertiary/aromatic N) is 1. The van der Waals surface area contributed by atoms with Crippen LogP contribution in [0.4, 0.5) is 5.69 Å². The molecule has 0 aliphatic heterocycles. The van der Waals surface area contributed by atoms with Gasteiger partial charge in [0.25, 0.3) is 0 Å². The Morgan fingerprint density at radius 1 is 1.35 bits per heavy atom. The van der Waals surface area contributed by atoms with Crippen molar-refractivity contribution in [3.05, 3.63) is 45.9 Å². The average Bonchev–Trinajstić information content (AvgIpc) is 3.18. The van der Waals surface area contributed by atoms with Crippen LogP contribution in [0, 0.1) is 0 Å². The standard InChI is InChI=1S/C15H17N3OS/c16-12-5-1-10(2-6-12)7-14(19)17-8-15-18-13(9-20-15)11-3-4-11/h1-2,5-6,9,11H,3-4,7-8,16H2,(H,17,19). The first-order valence-electron chi connectivity index (χ1n) is 6.76. The van der Waals surface area contributed by atoms with Gasteiger partial charge in [0.2, 0.25) is 5.91 Å². The number of carbonyl (C=O) groups is 1. The number of amides is 1. The van der Waals surface area contributed by atoms with Gasteiger partial charge in [-0.3, -0.25) is 4.79 Å². The van der Waals surface area contributed by atoms with E-state index in [1.807, 2.05) is 24.3 Å². The maximum Gasteiger partial charge on any atom is 0.224 e. The van der Waals surface area contributed by atoms with Crippen molar-refractivity contribution in [2.24, 2.45) is 0 Å². The molecule has 0 spiro atoms. The van der Waals surface area contributed by atoms with Crippen molar-refractivity contribution in [1.82, 2.24) is 10.3 Å². The minimum absolute atomic E-state index is 0.0120. The van der Waals surface area contributed by atoms with Gasteiger partial charge in [0.1, 0.15) is 5.01 Å². The van der Waals surface area contributed by atoms with E-state index in [0.717, 1.165) is 10.6 Å². The van der Waals surface area contributed by atoms with Gasteiger partial charge in [-0.15, -0.1) is 11.3 Å². The Bertz CT molecular complexity index is 602. The Morgan fingerprint density at radius 2 is 2.10 bits per heavy atom. The van der Waals surface area contributed by atoms with Crippen molar-refractivity contribution in [3.63, 3.8) is 0 Å². The predicted octanol–water partition coefficient (Wildman–Crippen LogP) is 2.46. The summed E-state index contributed by atoms with van der Waals surface area (Å²) in [7, 11) is 0. The van der Waals surface area contributed by atoms with Gasteiger partial charge in [-0.05, 0) is 30.5 Å². The monoisotopic (exact) mass is 287 g/mol. The van der Waals surface area contributed by atoms with E-state index in [9.17, 15) is 4.79 Å². The normalized spacial score (nSPS) is 14.2. The van der Waals surface area contributed by atoms with E-state index in [4.69, 9.17) is 5.73 Å². The van der Waals surface area contributed by atoms with E-state index in [-0.39, 0.29) is 5.91 Å². The molecule has 0 bridgehead atoms. The number of carbonyl (C=O) groups excluding carboxylic acids is 1. The summed E-state index contributed by atoms with van der Waals surface area (Å²) >= 11 is 1.63. The number of thiazole rings is 1. The lowest BCUT2D eigenvalue weighted by molar-refractivity contribution is -0.120. The number of hydrogen-bond donors (Lipinski definition) is 2. The number of hydrogen-bond acceptors (Lipinski definition) is 4. The highest BCUT2D eigenvalue weighted by Gasteiger charge is 2.25. The van der Waals surface area contributed by atoms with Crippen LogP contribution in [-0.4, -0.2) is 10.9 Å². The zero-order valence-electron chi connectivity index (χ0n) is 11.1. The number of nitrogens with two attached hydrogens (primary N) is 1. The van der Waals surface area contributed by atoms with Gasteiger partial charge < -0.3 is 11.1 Å². The van der Waals surface area contributed by atoms with Crippen LogP contribution in [0.5, 0.6) is 0 Å². The summed E-state index contributed by atoms with van der Waals surface area (Å²) in [6, 6.07) is 7.38. The van der Waals surface area contributed by atoms with Crippen LogP contribution in [0.3, 0.4) is 0 Å². The Balaban J connectivity index is 1.49.